The van der Waals surface area contributed by atoms with Crippen LogP contribution in [-0.2, 0) is 4.79 Å². The molecule has 0 aliphatic heterocycles. The molecule has 0 heterocycles. The Morgan fingerprint density at radius 1 is 0.697 bits per heavy atom. The van der Waals surface area contributed by atoms with Gasteiger partial charge in [0.15, 0.2) is 0 Å². The van der Waals surface area contributed by atoms with Crippen molar-refractivity contribution < 1.29 is 19.1 Å². The Morgan fingerprint density at radius 2 is 1.39 bits per heavy atom. The first-order valence-electron chi connectivity index (χ1n) is 10.2. The zero-order valence-electron chi connectivity index (χ0n) is 17.5. The number of para-hydroxylation sites is 1. The van der Waals surface area contributed by atoms with Gasteiger partial charge in [-0.2, -0.15) is 0 Å². The molecule has 6 heteroatoms. The molecular formula is C27H20N2O4. The number of hydrogen-bond acceptors (Lipinski definition) is 4. The number of carbonyl (C=O) groups excluding carboxylic acids is 3. The number of nitrogens with one attached hydrogen (secondary N) is 2. The molecule has 4 rings (SSSR count). The van der Waals surface area contributed by atoms with E-state index in [9.17, 15) is 14.4 Å². The second-order valence-corrected chi connectivity index (χ2v) is 7.10. The predicted molar refractivity (Wildman–Crippen MR) is 126 cm³/mol. The molecule has 4 aromatic rings. The van der Waals surface area contributed by atoms with E-state index in [1.54, 1.807) is 60.7 Å². The summed E-state index contributed by atoms with van der Waals surface area (Å²) in [6.07, 6.45) is 2.76. The number of ether oxygens (including phenoxy) is 1. The highest BCUT2D eigenvalue weighted by Crippen LogP contribution is 2.21. The van der Waals surface area contributed by atoms with Crippen molar-refractivity contribution in [3.8, 4) is 5.75 Å². The number of hydrazine groups is 1. The maximum Gasteiger partial charge on any atom is 0.343 e. The van der Waals surface area contributed by atoms with Crippen molar-refractivity contribution in [2.24, 2.45) is 0 Å². The normalized spacial score (nSPS) is 10.7. The molecule has 0 fully saturated rings. The quantitative estimate of drug-likeness (QED) is 0.208. The molecule has 0 bridgehead atoms. The summed E-state index contributed by atoms with van der Waals surface area (Å²) in [5.74, 6) is -1.14. The SMILES string of the molecule is O=C(/C=C/c1ccccc1OC(=O)c1ccccc1)NNC(=O)c1cccc2ccccc12. The summed E-state index contributed by atoms with van der Waals surface area (Å²) in [7, 11) is 0. The van der Waals surface area contributed by atoms with Crippen molar-refractivity contribution in [3.63, 3.8) is 0 Å². The summed E-state index contributed by atoms with van der Waals surface area (Å²) < 4.78 is 5.47. The van der Waals surface area contributed by atoms with Crippen LogP contribution in [0.5, 0.6) is 5.75 Å². The standard InChI is InChI=1S/C27H20N2O4/c30-25(28-29-26(31)23-15-8-13-19-9-4-6-14-22(19)23)18-17-20-10-5-7-16-24(20)33-27(32)21-11-2-1-3-12-21/h1-18H,(H,28,30)(H,29,31)/b18-17+. The van der Waals surface area contributed by atoms with Crippen LogP contribution in [0.4, 0.5) is 0 Å². The molecule has 2 N–H and O–H groups in total. The van der Waals surface area contributed by atoms with Gasteiger partial charge in [-0.15, -0.1) is 0 Å². The number of benzene rings is 4. The summed E-state index contributed by atoms with van der Waals surface area (Å²) in [5, 5.41) is 1.72. The van der Waals surface area contributed by atoms with Crippen LogP contribution in [-0.4, -0.2) is 17.8 Å². The number of rotatable bonds is 5. The van der Waals surface area contributed by atoms with Gasteiger partial charge in [-0.1, -0.05) is 72.8 Å². The molecule has 0 aliphatic rings. The second kappa shape index (κ2) is 10.1. The molecule has 0 radical (unpaired) electrons. The summed E-state index contributed by atoms with van der Waals surface area (Å²) in [6.45, 7) is 0. The van der Waals surface area contributed by atoms with Gasteiger partial charge in [0.25, 0.3) is 11.8 Å². The first-order chi connectivity index (χ1) is 16.1. The monoisotopic (exact) mass is 436 g/mol. The lowest BCUT2D eigenvalue weighted by atomic mass is 10.0. The lowest BCUT2D eigenvalue weighted by Crippen LogP contribution is -2.40. The van der Waals surface area contributed by atoms with Gasteiger partial charge >= 0.3 is 5.97 Å². The fraction of sp³-hybridized carbons (Fsp3) is 0. The lowest BCUT2D eigenvalue weighted by Gasteiger charge is -2.09. The average Bonchev–Trinajstić information content (AvgIpc) is 2.87. The Balaban J connectivity index is 1.40. The van der Waals surface area contributed by atoms with Crippen molar-refractivity contribution in [1.82, 2.24) is 10.9 Å². The highest BCUT2D eigenvalue weighted by Gasteiger charge is 2.11. The Kier molecular flexibility index (Phi) is 6.56. The summed E-state index contributed by atoms with van der Waals surface area (Å²) in [4.78, 5) is 37.1. The molecule has 6 nitrogen and oxygen atoms in total. The van der Waals surface area contributed by atoms with E-state index in [-0.39, 0.29) is 0 Å². The number of hydrogen-bond donors (Lipinski definition) is 2. The largest absolute Gasteiger partial charge is 0.422 e. The topological polar surface area (TPSA) is 84.5 Å². The summed E-state index contributed by atoms with van der Waals surface area (Å²) in [6, 6.07) is 28.4. The summed E-state index contributed by atoms with van der Waals surface area (Å²) in [5.41, 5.74) is 6.20. The minimum absolute atomic E-state index is 0.315. The Hall–Kier alpha value is -4.71. The van der Waals surface area contributed by atoms with E-state index in [2.05, 4.69) is 10.9 Å². The third-order valence-electron chi connectivity index (χ3n) is 4.88. The number of esters is 1. The van der Waals surface area contributed by atoms with Crippen LogP contribution in [0.1, 0.15) is 26.3 Å². The molecule has 0 atom stereocenters. The second-order valence-electron chi connectivity index (χ2n) is 7.10. The average molecular weight is 436 g/mol. The maximum atomic E-state index is 12.5. The zero-order valence-corrected chi connectivity index (χ0v) is 17.5. The van der Waals surface area contributed by atoms with E-state index in [1.807, 2.05) is 36.4 Å². The van der Waals surface area contributed by atoms with Gasteiger partial charge < -0.3 is 4.74 Å². The van der Waals surface area contributed by atoms with Gasteiger partial charge in [-0.3, -0.25) is 20.4 Å². The highest BCUT2D eigenvalue weighted by molar-refractivity contribution is 6.07. The third-order valence-corrected chi connectivity index (χ3v) is 4.88. The minimum atomic E-state index is -0.534. The van der Waals surface area contributed by atoms with Gasteiger partial charge in [0, 0.05) is 17.2 Å². The molecule has 0 aromatic heterocycles. The van der Waals surface area contributed by atoms with Crippen molar-refractivity contribution >= 4 is 34.6 Å². The van der Waals surface area contributed by atoms with E-state index >= 15 is 0 Å². The first kappa shape index (κ1) is 21.5. The zero-order chi connectivity index (χ0) is 23.0. The van der Waals surface area contributed by atoms with Crippen molar-refractivity contribution in [2.45, 2.75) is 0 Å². The fourth-order valence-corrected chi connectivity index (χ4v) is 3.26. The van der Waals surface area contributed by atoms with Crippen LogP contribution in [0.25, 0.3) is 16.8 Å². The number of carbonyl (C=O) groups is 3. The van der Waals surface area contributed by atoms with Gasteiger partial charge in [-0.25, -0.2) is 4.79 Å². The minimum Gasteiger partial charge on any atom is -0.422 e. The van der Waals surface area contributed by atoms with Crippen LogP contribution in [0.2, 0.25) is 0 Å². The molecule has 0 aliphatic carbocycles. The van der Waals surface area contributed by atoms with Crippen molar-refractivity contribution in [1.29, 1.82) is 0 Å². The highest BCUT2D eigenvalue weighted by atomic mass is 16.5. The molecule has 0 unspecified atom stereocenters. The maximum absolute atomic E-state index is 12.5. The van der Waals surface area contributed by atoms with Crippen LogP contribution in [0.15, 0.2) is 103 Å². The van der Waals surface area contributed by atoms with Crippen LogP contribution in [0.3, 0.4) is 0 Å². The van der Waals surface area contributed by atoms with E-state index < -0.39 is 17.8 Å². The molecule has 2 amide bonds. The van der Waals surface area contributed by atoms with E-state index in [4.69, 9.17) is 4.74 Å². The fourth-order valence-electron chi connectivity index (χ4n) is 3.26. The van der Waals surface area contributed by atoms with Crippen molar-refractivity contribution in [2.75, 3.05) is 0 Å². The van der Waals surface area contributed by atoms with Gasteiger partial charge in [0.1, 0.15) is 5.75 Å². The lowest BCUT2D eigenvalue weighted by molar-refractivity contribution is -0.117. The molecule has 0 saturated carbocycles. The Labute approximate surface area is 190 Å². The molecule has 162 valence electrons. The van der Waals surface area contributed by atoms with Crippen molar-refractivity contribution in [3.05, 3.63) is 120 Å². The van der Waals surface area contributed by atoms with E-state index in [0.29, 0.717) is 22.4 Å². The number of amides is 2. The predicted octanol–water partition coefficient (Wildman–Crippen LogP) is 4.53. The van der Waals surface area contributed by atoms with E-state index in [1.165, 1.54) is 12.2 Å². The Morgan fingerprint density at radius 3 is 2.24 bits per heavy atom. The van der Waals surface area contributed by atoms with Crippen LogP contribution in [0, 0.1) is 0 Å². The molecule has 33 heavy (non-hydrogen) atoms. The van der Waals surface area contributed by atoms with Gasteiger partial charge in [-0.05, 0) is 41.1 Å². The molecule has 0 spiro atoms. The van der Waals surface area contributed by atoms with Gasteiger partial charge in [0.2, 0.25) is 0 Å². The molecular weight excluding hydrogens is 416 g/mol. The van der Waals surface area contributed by atoms with Crippen LogP contribution >= 0.6 is 0 Å². The molecule has 0 saturated heterocycles. The third kappa shape index (κ3) is 5.32. The molecule has 4 aromatic carbocycles. The van der Waals surface area contributed by atoms with E-state index in [0.717, 1.165) is 10.8 Å². The smallest absolute Gasteiger partial charge is 0.343 e. The Bertz CT molecular complexity index is 1340. The first-order valence-corrected chi connectivity index (χ1v) is 10.2. The van der Waals surface area contributed by atoms with Crippen LogP contribution < -0.4 is 15.6 Å². The number of fused-ring (bicyclic) bond motifs is 1. The summed E-state index contributed by atoms with van der Waals surface area (Å²) >= 11 is 0. The van der Waals surface area contributed by atoms with Gasteiger partial charge in [0.05, 0.1) is 5.56 Å².